The van der Waals surface area contributed by atoms with Crippen molar-refractivity contribution in [1.82, 2.24) is 14.3 Å². The molecule has 1 fully saturated rings. The molecule has 4 rings (SSSR count). The quantitative estimate of drug-likeness (QED) is 0.730. The lowest BCUT2D eigenvalue weighted by molar-refractivity contribution is 0.243. The minimum atomic E-state index is 0.507. The van der Waals surface area contributed by atoms with Crippen LogP contribution in [0.1, 0.15) is 30.1 Å². The third-order valence-electron chi connectivity index (χ3n) is 4.13. The number of thiophene rings is 1. The number of hydrogen-bond acceptors (Lipinski definition) is 3. The van der Waals surface area contributed by atoms with Crippen LogP contribution < -0.4 is 0 Å². The molecule has 0 aliphatic carbocycles. The molecular formula is C16H17N3S. The summed E-state index contributed by atoms with van der Waals surface area (Å²) < 4.78 is 2.23. The summed E-state index contributed by atoms with van der Waals surface area (Å²) >= 11 is 1.78. The first-order chi connectivity index (χ1) is 9.92. The van der Waals surface area contributed by atoms with Crippen LogP contribution in [0.5, 0.6) is 0 Å². The van der Waals surface area contributed by atoms with E-state index in [9.17, 15) is 0 Å². The van der Waals surface area contributed by atoms with Crippen molar-refractivity contribution in [2.45, 2.75) is 25.4 Å². The molecule has 4 heteroatoms. The van der Waals surface area contributed by atoms with Crippen LogP contribution in [0, 0.1) is 0 Å². The fourth-order valence-electron chi connectivity index (χ4n) is 3.21. The Kier molecular flexibility index (Phi) is 3.05. The Morgan fingerprint density at radius 2 is 2.30 bits per heavy atom. The molecule has 0 unspecified atom stereocenters. The van der Waals surface area contributed by atoms with E-state index in [-0.39, 0.29) is 0 Å². The second-order valence-electron chi connectivity index (χ2n) is 5.37. The molecule has 0 amide bonds. The predicted molar refractivity (Wildman–Crippen MR) is 81.9 cm³/mol. The summed E-state index contributed by atoms with van der Waals surface area (Å²) in [5, 5.41) is 4.42. The summed E-state index contributed by atoms with van der Waals surface area (Å²) in [6.07, 6.45) is 6.48. The summed E-state index contributed by atoms with van der Waals surface area (Å²) in [6.45, 7) is 2.24. The van der Waals surface area contributed by atoms with E-state index in [1.807, 2.05) is 6.20 Å². The summed E-state index contributed by atoms with van der Waals surface area (Å²) in [4.78, 5) is 6.99. The van der Waals surface area contributed by atoms with Gasteiger partial charge < -0.3 is 4.40 Å². The second kappa shape index (κ2) is 5.04. The normalized spacial score (nSPS) is 19.9. The van der Waals surface area contributed by atoms with Gasteiger partial charge in [-0.3, -0.25) is 4.90 Å². The van der Waals surface area contributed by atoms with Gasteiger partial charge in [0, 0.05) is 24.6 Å². The van der Waals surface area contributed by atoms with Crippen LogP contribution in [0.25, 0.3) is 5.65 Å². The first kappa shape index (κ1) is 12.1. The van der Waals surface area contributed by atoms with Gasteiger partial charge in [0.2, 0.25) is 0 Å². The molecule has 102 valence electrons. The van der Waals surface area contributed by atoms with E-state index in [1.165, 1.54) is 30.6 Å². The van der Waals surface area contributed by atoms with Crippen LogP contribution in [-0.4, -0.2) is 20.8 Å². The molecule has 0 N–H and O–H groups in total. The minimum absolute atomic E-state index is 0.507. The van der Waals surface area contributed by atoms with Gasteiger partial charge in [0.25, 0.3) is 0 Å². The van der Waals surface area contributed by atoms with Gasteiger partial charge in [-0.25, -0.2) is 4.98 Å². The number of aromatic nitrogens is 2. The standard InChI is InChI=1S/C16H17N3S/c1-3-15(19-9-7-17-16(19)5-1)14-4-2-8-18(14)11-13-6-10-20-12-13/h1,3,5-7,9-10,12,14H,2,4,8,11H2/t14-/m0/s1. The Labute approximate surface area is 122 Å². The van der Waals surface area contributed by atoms with Crippen molar-refractivity contribution < 1.29 is 0 Å². The summed E-state index contributed by atoms with van der Waals surface area (Å²) in [7, 11) is 0. The van der Waals surface area contributed by atoms with Crippen LogP contribution >= 0.6 is 11.3 Å². The van der Waals surface area contributed by atoms with Crippen molar-refractivity contribution in [1.29, 1.82) is 0 Å². The first-order valence-electron chi connectivity index (χ1n) is 7.09. The highest BCUT2D eigenvalue weighted by Crippen LogP contribution is 2.33. The molecule has 3 nitrogen and oxygen atoms in total. The van der Waals surface area contributed by atoms with Gasteiger partial charge in [0.05, 0.1) is 6.04 Å². The summed E-state index contributed by atoms with van der Waals surface area (Å²) in [5.74, 6) is 0. The fourth-order valence-corrected chi connectivity index (χ4v) is 3.87. The van der Waals surface area contributed by atoms with Gasteiger partial charge in [0.15, 0.2) is 0 Å². The number of nitrogens with zero attached hydrogens (tertiary/aromatic N) is 3. The third kappa shape index (κ3) is 2.05. The van der Waals surface area contributed by atoms with Gasteiger partial charge >= 0.3 is 0 Å². The first-order valence-corrected chi connectivity index (χ1v) is 8.03. The van der Waals surface area contributed by atoms with E-state index in [2.05, 4.69) is 55.5 Å². The lowest BCUT2D eigenvalue weighted by Gasteiger charge is -2.25. The molecular weight excluding hydrogens is 266 g/mol. The van der Waals surface area contributed by atoms with Gasteiger partial charge in [0.1, 0.15) is 5.65 Å². The average Bonchev–Trinajstić information content (AvgIpc) is 3.19. The molecule has 3 aromatic heterocycles. The van der Waals surface area contributed by atoms with Crippen molar-refractivity contribution in [3.8, 4) is 0 Å². The van der Waals surface area contributed by atoms with Crippen LogP contribution in [0.3, 0.4) is 0 Å². The van der Waals surface area contributed by atoms with E-state index in [4.69, 9.17) is 0 Å². The number of imidazole rings is 1. The zero-order valence-electron chi connectivity index (χ0n) is 11.3. The number of hydrogen-bond donors (Lipinski definition) is 0. The number of rotatable bonds is 3. The Balaban J connectivity index is 1.68. The van der Waals surface area contributed by atoms with Crippen LogP contribution in [0.2, 0.25) is 0 Å². The van der Waals surface area contributed by atoms with E-state index >= 15 is 0 Å². The monoisotopic (exact) mass is 283 g/mol. The number of likely N-dealkylation sites (tertiary alicyclic amines) is 1. The highest BCUT2D eigenvalue weighted by atomic mass is 32.1. The Morgan fingerprint density at radius 1 is 1.30 bits per heavy atom. The zero-order valence-corrected chi connectivity index (χ0v) is 12.1. The Bertz CT molecular complexity index is 701. The highest BCUT2D eigenvalue weighted by molar-refractivity contribution is 7.07. The van der Waals surface area contributed by atoms with E-state index in [0.29, 0.717) is 6.04 Å². The molecule has 1 saturated heterocycles. The SMILES string of the molecule is c1cc([C@@H]2CCCN2Cc2ccsc2)n2ccnc2c1. The summed E-state index contributed by atoms with van der Waals surface area (Å²) in [5.41, 5.74) is 3.84. The largest absolute Gasteiger partial charge is 0.302 e. The predicted octanol–water partition coefficient (Wildman–Crippen LogP) is 3.73. The van der Waals surface area contributed by atoms with E-state index in [0.717, 1.165) is 12.2 Å². The van der Waals surface area contributed by atoms with Gasteiger partial charge in [-0.1, -0.05) is 6.07 Å². The Hall–Kier alpha value is -1.65. The minimum Gasteiger partial charge on any atom is -0.302 e. The smallest absolute Gasteiger partial charge is 0.136 e. The lowest BCUT2D eigenvalue weighted by Crippen LogP contribution is -2.23. The number of pyridine rings is 1. The second-order valence-corrected chi connectivity index (χ2v) is 6.15. The molecule has 0 saturated carbocycles. The zero-order chi connectivity index (χ0) is 13.4. The molecule has 0 aromatic carbocycles. The highest BCUT2D eigenvalue weighted by Gasteiger charge is 2.27. The molecule has 1 aliphatic rings. The number of fused-ring (bicyclic) bond motifs is 1. The molecule has 0 radical (unpaired) electrons. The molecule has 3 aromatic rings. The van der Waals surface area contributed by atoms with Gasteiger partial charge in [-0.15, -0.1) is 0 Å². The Morgan fingerprint density at radius 3 is 3.20 bits per heavy atom. The molecule has 0 bridgehead atoms. The van der Waals surface area contributed by atoms with E-state index in [1.54, 1.807) is 11.3 Å². The van der Waals surface area contributed by atoms with Crippen molar-refractivity contribution in [2.24, 2.45) is 0 Å². The molecule has 1 atom stereocenters. The molecule has 4 heterocycles. The van der Waals surface area contributed by atoms with Gasteiger partial charge in [-0.05, 0) is 53.9 Å². The fraction of sp³-hybridized carbons (Fsp3) is 0.312. The molecule has 0 spiro atoms. The summed E-state index contributed by atoms with van der Waals surface area (Å²) in [6, 6.07) is 9.18. The topological polar surface area (TPSA) is 20.5 Å². The molecule has 20 heavy (non-hydrogen) atoms. The van der Waals surface area contributed by atoms with Crippen LogP contribution in [0.15, 0.2) is 47.4 Å². The van der Waals surface area contributed by atoms with Gasteiger partial charge in [-0.2, -0.15) is 11.3 Å². The average molecular weight is 283 g/mol. The maximum Gasteiger partial charge on any atom is 0.136 e. The molecule has 1 aliphatic heterocycles. The van der Waals surface area contributed by atoms with Crippen molar-refractivity contribution in [3.05, 3.63) is 58.7 Å². The maximum absolute atomic E-state index is 4.40. The third-order valence-corrected chi connectivity index (χ3v) is 4.86. The van der Waals surface area contributed by atoms with Crippen molar-refractivity contribution in [2.75, 3.05) is 6.54 Å². The van der Waals surface area contributed by atoms with Crippen LogP contribution in [-0.2, 0) is 6.54 Å². The van der Waals surface area contributed by atoms with E-state index < -0.39 is 0 Å². The van der Waals surface area contributed by atoms with Crippen molar-refractivity contribution in [3.63, 3.8) is 0 Å². The van der Waals surface area contributed by atoms with Crippen LogP contribution in [0.4, 0.5) is 0 Å². The lowest BCUT2D eigenvalue weighted by atomic mass is 10.1. The van der Waals surface area contributed by atoms with Crippen molar-refractivity contribution >= 4 is 17.0 Å². The maximum atomic E-state index is 4.40.